The first-order chi connectivity index (χ1) is 11.1. The minimum atomic E-state index is -0.634. The maximum Gasteiger partial charge on any atom is 0.271 e. The summed E-state index contributed by atoms with van der Waals surface area (Å²) in [6.45, 7) is 4.15. The van der Waals surface area contributed by atoms with Crippen LogP contribution in [0.25, 0.3) is 5.69 Å². The standard InChI is InChI=1S/C16H21N5O2.ClH/c1-2-8-18-9-10-19-16(23)13-11-14(15(17)22)21(20-13)12-6-4-3-5-7-12;/h3-7,11,18H,2,8-10H2,1H3,(H2,17,22)(H,19,23);1H. The van der Waals surface area contributed by atoms with Crippen LogP contribution in [0.1, 0.15) is 34.3 Å². The molecule has 24 heavy (non-hydrogen) atoms. The highest BCUT2D eigenvalue weighted by molar-refractivity contribution is 5.97. The molecule has 2 rings (SSSR count). The number of nitrogens with zero attached hydrogens (tertiary/aromatic N) is 2. The Balaban J connectivity index is 0.00000288. The van der Waals surface area contributed by atoms with E-state index in [1.165, 1.54) is 10.7 Å². The average Bonchev–Trinajstić information content (AvgIpc) is 3.01. The van der Waals surface area contributed by atoms with E-state index in [4.69, 9.17) is 5.73 Å². The van der Waals surface area contributed by atoms with Crippen LogP contribution in [0.4, 0.5) is 0 Å². The lowest BCUT2D eigenvalue weighted by Gasteiger charge is -2.05. The molecule has 1 aromatic carbocycles. The minimum absolute atomic E-state index is 0. The van der Waals surface area contributed by atoms with Gasteiger partial charge in [-0.25, -0.2) is 4.68 Å². The predicted molar refractivity (Wildman–Crippen MR) is 94.8 cm³/mol. The smallest absolute Gasteiger partial charge is 0.271 e. The van der Waals surface area contributed by atoms with Gasteiger partial charge in [0, 0.05) is 19.2 Å². The Morgan fingerprint density at radius 2 is 1.88 bits per heavy atom. The van der Waals surface area contributed by atoms with Crippen LogP contribution in [0.3, 0.4) is 0 Å². The molecule has 0 saturated carbocycles. The first kappa shape index (κ1) is 19.7. The molecule has 2 aromatic rings. The van der Waals surface area contributed by atoms with Gasteiger partial charge in [-0.05, 0) is 25.1 Å². The van der Waals surface area contributed by atoms with Crippen LogP contribution < -0.4 is 16.4 Å². The molecule has 0 bridgehead atoms. The Morgan fingerprint density at radius 1 is 1.17 bits per heavy atom. The van der Waals surface area contributed by atoms with Crippen molar-refractivity contribution < 1.29 is 9.59 Å². The van der Waals surface area contributed by atoms with Crippen molar-refractivity contribution in [3.63, 3.8) is 0 Å². The third kappa shape index (κ3) is 5.07. The zero-order valence-corrected chi connectivity index (χ0v) is 14.3. The monoisotopic (exact) mass is 351 g/mol. The number of hydrogen-bond donors (Lipinski definition) is 3. The topological polar surface area (TPSA) is 102 Å². The van der Waals surface area contributed by atoms with E-state index >= 15 is 0 Å². The summed E-state index contributed by atoms with van der Waals surface area (Å²) in [7, 11) is 0. The van der Waals surface area contributed by atoms with Crippen LogP contribution in [0, 0.1) is 0 Å². The molecule has 0 spiro atoms. The van der Waals surface area contributed by atoms with E-state index in [0.717, 1.165) is 13.0 Å². The summed E-state index contributed by atoms with van der Waals surface area (Å²) in [5, 5.41) is 10.1. The van der Waals surface area contributed by atoms with Crippen molar-refractivity contribution in [2.75, 3.05) is 19.6 Å². The van der Waals surface area contributed by atoms with Crippen molar-refractivity contribution in [3.8, 4) is 5.69 Å². The molecular formula is C16H22ClN5O2. The van der Waals surface area contributed by atoms with Gasteiger partial charge in [-0.2, -0.15) is 5.10 Å². The fraction of sp³-hybridized carbons (Fsp3) is 0.312. The maximum absolute atomic E-state index is 12.1. The SMILES string of the molecule is CCCNCCNC(=O)c1cc(C(N)=O)n(-c2ccccc2)n1.Cl. The normalized spacial score (nSPS) is 10.0. The maximum atomic E-state index is 12.1. The number of nitrogens with one attached hydrogen (secondary N) is 2. The molecule has 1 heterocycles. The summed E-state index contributed by atoms with van der Waals surface area (Å²) in [6.07, 6.45) is 1.04. The number of carbonyl (C=O) groups excluding carboxylic acids is 2. The molecule has 0 aliphatic heterocycles. The summed E-state index contributed by atoms with van der Waals surface area (Å²) in [4.78, 5) is 23.7. The third-order valence-electron chi connectivity index (χ3n) is 3.21. The number of halogens is 1. The van der Waals surface area contributed by atoms with Gasteiger partial charge in [-0.3, -0.25) is 9.59 Å². The summed E-state index contributed by atoms with van der Waals surface area (Å²) in [5.74, 6) is -0.967. The van der Waals surface area contributed by atoms with E-state index in [9.17, 15) is 9.59 Å². The Bertz CT molecular complexity index is 672. The first-order valence-corrected chi connectivity index (χ1v) is 7.57. The van der Waals surface area contributed by atoms with Gasteiger partial charge >= 0.3 is 0 Å². The summed E-state index contributed by atoms with van der Waals surface area (Å²) in [5.41, 5.74) is 6.39. The van der Waals surface area contributed by atoms with Crippen LogP contribution in [-0.2, 0) is 0 Å². The quantitative estimate of drug-likeness (QED) is 0.620. The van der Waals surface area contributed by atoms with Gasteiger partial charge in [0.05, 0.1) is 5.69 Å². The Labute approximate surface area is 147 Å². The van der Waals surface area contributed by atoms with Crippen LogP contribution in [0.5, 0.6) is 0 Å². The van der Waals surface area contributed by atoms with E-state index in [0.29, 0.717) is 18.8 Å². The second-order valence-corrected chi connectivity index (χ2v) is 5.03. The highest BCUT2D eigenvalue weighted by Gasteiger charge is 2.18. The number of carbonyl (C=O) groups is 2. The Kier molecular flexibility index (Phi) is 7.94. The fourth-order valence-electron chi connectivity index (χ4n) is 2.09. The first-order valence-electron chi connectivity index (χ1n) is 7.57. The molecule has 0 aliphatic rings. The molecular weight excluding hydrogens is 330 g/mol. The zero-order chi connectivity index (χ0) is 16.7. The minimum Gasteiger partial charge on any atom is -0.364 e. The van der Waals surface area contributed by atoms with Gasteiger partial charge in [0.2, 0.25) is 0 Å². The van der Waals surface area contributed by atoms with Gasteiger partial charge < -0.3 is 16.4 Å². The second-order valence-electron chi connectivity index (χ2n) is 5.03. The van der Waals surface area contributed by atoms with Crippen LogP contribution in [0.15, 0.2) is 36.4 Å². The van der Waals surface area contributed by atoms with E-state index in [1.54, 1.807) is 12.1 Å². The lowest BCUT2D eigenvalue weighted by Crippen LogP contribution is -2.32. The molecule has 2 amide bonds. The number of benzene rings is 1. The van der Waals surface area contributed by atoms with E-state index < -0.39 is 5.91 Å². The van der Waals surface area contributed by atoms with Crippen LogP contribution in [0.2, 0.25) is 0 Å². The van der Waals surface area contributed by atoms with Crippen molar-refractivity contribution in [1.82, 2.24) is 20.4 Å². The number of primary amides is 1. The number of rotatable bonds is 8. The molecule has 0 atom stereocenters. The lowest BCUT2D eigenvalue weighted by atomic mass is 10.3. The molecule has 0 aliphatic carbocycles. The third-order valence-corrected chi connectivity index (χ3v) is 3.21. The number of nitrogens with two attached hydrogens (primary N) is 1. The van der Waals surface area contributed by atoms with Crippen molar-refractivity contribution in [2.45, 2.75) is 13.3 Å². The lowest BCUT2D eigenvalue weighted by molar-refractivity contribution is 0.0947. The predicted octanol–water partition coefficient (Wildman–Crippen LogP) is 1.12. The summed E-state index contributed by atoms with van der Waals surface area (Å²) in [6, 6.07) is 10.5. The van der Waals surface area contributed by atoms with Crippen LogP contribution in [-0.4, -0.2) is 41.2 Å². The Morgan fingerprint density at radius 3 is 2.50 bits per heavy atom. The number of para-hydroxylation sites is 1. The molecule has 130 valence electrons. The van der Waals surface area contributed by atoms with E-state index in [1.807, 2.05) is 18.2 Å². The second kappa shape index (κ2) is 9.69. The number of amides is 2. The molecule has 0 unspecified atom stereocenters. The van der Waals surface area contributed by atoms with Crippen LogP contribution >= 0.6 is 12.4 Å². The van der Waals surface area contributed by atoms with Gasteiger partial charge in [0.15, 0.2) is 5.69 Å². The van der Waals surface area contributed by atoms with Gasteiger partial charge in [-0.1, -0.05) is 25.1 Å². The van der Waals surface area contributed by atoms with Crippen molar-refractivity contribution >= 4 is 24.2 Å². The van der Waals surface area contributed by atoms with Gasteiger partial charge in [0.1, 0.15) is 5.69 Å². The summed E-state index contributed by atoms with van der Waals surface area (Å²) < 4.78 is 1.38. The fourth-order valence-corrected chi connectivity index (χ4v) is 2.09. The highest BCUT2D eigenvalue weighted by atomic mass is 35.5. The Hall–Kier alpha value is -2.38. The molecule has 8 heteroatoms. The molecule has 0 radical (unpaired) electrons. The number of aromatic nitrogens is 2. The number of hydrogen-bond acceptors (Lipinski definition) is 4. The van der Waals surface area contributed by atoms with Crippen molar-refractivity contribution in [3.05, 3.63) is 47.8 Å². The van der Waals surface area contributed by atoms with E-state index in [2.05, 4.69) is 22.7 Å². The molecule has 1 aromatic heterocycles. The molecule has 0 saturated heterocycles. The molecule has 0 fully saturated rings. The summed E-state index contributed by atoms with van der Waals surface area (Å²) >= 11 is 0. The average molecular weight is 352 g/mol. The largest absolute Gasteiger partial charge is 0.364 e. The van der Waals surface area contributed by atoms with Crippen molar-refractivity contribution in [2.24, 2.45) is 5.73 Å². The molecule has 7 nitrogen and oxygen atoms in total. The molecule has 4 N–H and O–H groups in total. The zero-order valence-electron chi connectivity index (χ0n) is 13.5. The van der Waals surface area contributed by atoms with Gasteiger partial charge in [-0.15, -0.1) is 12.4 Å². The van der Waals surface area contributed by atoms with Crippen molar-refractivity contribution in [1.29, 1.82) is 0 Å². The van der Waals surface area contributed by atoms with E-state index in [-0.39, 0.29) is 29.7 Å². The van der Waals surface area contributed by atoms with Gasteiger partial charge in [0.25, 0.3) is 11.8 Å². The highest BCUT2D eigenvalue weighted by Crippen LogP contribution is 2.12.